The molecule has 354 valence electrons. The lowest BCUT2D eigenvalue weighted by molar-refractivity contribution is 0.662. The van der Waals surface area contributed by atoms with E-state index in [9.17, 15) is 0 Å². The lowest BCUT2D eigenvalue weighted by Gasteiger charge is -2.27. The van der Waals surface area contributed by atoms with E-state index in [0.717, 1.165) is 22.7 Å². The molecule has 0 unspecified atom stereocenters. The number of benzene rings is 12. The topological polar surface area (TPSA) is 8.17 Å². The number of para-hydroxylation sites is 2. The van der Waals surface area contributed by atoms with Crippen molar-refractivity contribution in [2.45, 2.75) is 19.3 Å². The fourth-order valence-corrected chi connectivity index (χ4v) is 12.0. The summed E-state index contributed by atoms with van der Waals surface area (Å²) in [7, 11) is 0. The van der Waals surface area contributed by atoms with Gasteiger partial charge in [0.15, 0.2) is 0 Å². The van der Waals surface area contributed by atoms with Gasteiger partial charge in [-0.25, -0.2) is 0 Å². The third-order valence-corrected chi connectivity index (χ3v) is 15.8. The van der Waals surface area contributed by atoms with Crippen molar-refractivity contribution in [1.29, 1.82) is 0 Å². The maximum Gasteiger partial charge on any atom is 0.0541 e. The number of rotatable bonds is 9. The Morgan fingerprint density at radius 1 is 0.293 bits per heavy atom. The van der Waals surface area contributed by atoms with Gasteiger partial charge in [-0.2, -0.15) is 0 Å². The van der Waals surface area contributed by atoms with Crippen LogP contribution in [-0.2, 0) is 5.41 Å². The summed E-state index contributed by atoms with van der Waals surface area (Å²) in [5.74, 6) is 0. The van der Waals surface area contributed by atoms with Crippen LogP contribution < -0.4 is 4.90 Å². The van der Waals surface area contributed by atoms with Gasteiger partial charge in [0.25, 0.3) is 0 Å². The van der Waals surface area contributed by atoms with Gasteiger partial charge in [-0.3, -0.25) is 0 Å². The summed E-state index contributed by atoms with van der Waals surface area (Å²) in [5.41, 5.74) is 24.3. The smallest absolute Gasteiger partial charge is 0.0541 e. The number of anilines is 3. The highest BCUT2D eigenvalue weighted by Gasteiger charge is 2.37. The molecule has 1 aromatic heterocycles. The van der Waals surface area contributed by atoms with Gasteiger partial charge in [-0.05, 0) is 168 Å². The van der Waals surface area contributed by atoms with Gasteiger partial charge in [0.2, 0.25) is 0 Å². The lowest BCUT2D eigenvalue weighted by Crippen LogP contribution is -2.16. The van der Waals surface area contributed by atoms with E-state index in [1.165, 1.54) is 110 Å². The number of aromatic nitrogens is 1. The molecule has 1 aliphatic rings. The summed E-state index contributed by atoms with van der Waals surface area (Å²) in [6.07, 6.45) is 0. The van der Waals surface area contributed by atoms with Crippen LogP contribution in [0.5, 0.6) is 0 Å². The minimum Gasteiger partial charge on any atom is -0.311 e. The van der Waals surface area contributed by atoms with Crippen LogP contribution in [-0.4, -0.2) is 4.57 Å². The first-order chi connectivity index (χ1) is 36.9. The molecule has 12 aromatic carbocycles. The van der Waals surface area contributed by atoms with Gasteiger partial charge in [0.05, 0.1) is 11.0 Å². The van der Waals surface area contributed by atoms with Crippen molar-refractivity contribution in [3.63, 3.8) is 0 Å². The van der Waals surface area contributed by atoms with Gasteiger partial charge >= 0.3 is 0 Å². The van der Waals surface area contributed by atoms with E-state index in [0.29, 0.717) is 0 Å². The largest absolute Gasteiger partial charge is 0.311 e. The molecule has 75 heavy (non-hydrogen) atoms. The predicted octanol–water partition coefficient (Wildman–Crippen LogP) is 20.0. The zero-order valence-electron chi connectivity index (χ0n) is 42.0. The highest BCUT2D eigenvalue weighted by molar-refractivity contribution is 6.10. The summed E-state index contributed by atoms with van der Waals surface area (Å²) >= 11 is 0. The molecule has 0 fully saturated rings. The first kappa shape index (κ1) is 44.2. The molecule has 0 N–H and O–H groups in total. The van der Waals surface area contributed by atoms with E-state index >= 15 is 0 Å². The highest BCUT2D eigenvalue weighted by Crippen LogP contribution is 2.52. The summed E-state index contributed by atoms with van der Waals surface area (Å²) in [6, 6.07) is 102. The maximum atomic E-state index is 2.38. The number of hydrogen-bond donors (Lipinski definition) is 0. The molecule has 0 bridgehead atoms. The second-order valence-corrected chi connectivity index (χ2v) is 20.5. The molecule has 2 heteroatoms. The molecule has 0 aliphatic heterocycles. The molecule has 13 aromatic rings. The molecule has 0 atom stereocenters. The molecule has 0 radical (unpaired) electrons. The normalized spacial score (nSPS) is 12.5. The Morgan fingerprint density at radius 3 is 1.47 bits per heavy atom. The molecule has 0 saturated heterocycles. The van der Waals surface area contributed by atoms with Crippen LogP contribution in [0.15, 0.2) is 279 Å². The van der Waals surface area contributed by atoms with Crippen LogP contribution in [0.1, 0.15) is 25.0 Å². The van der Waals surface area contributed by atoms with Gasteiger partial charge in [-0.15, -0.1) is 0 Å². The Bertz CT molecular complexity index is 4280. The van der Waals surface area contributed by atoms with Crippen LogP contribution in [0.2, 0.25) is 0 Å². The van der Waals surface area contributed by atoms with Crippen LogP contribution in [0.25, 0.3) is 105 Å². The molecule has 0 amide bonds. The van der Waals surface area contributed by atoms with Gasteiger partial charge in [0, 0.05) is 38.9 Å². The van der Waals surface area contributed by atoms with E-state index in [2.05, 4.69) is 302 Å². The van der Waals surface area contributed by atoms with Crippen molar-refractivity contribution in [1.82, 2.24) is 4.57 Å². The van der Waals surface area contributed by atoms with Crippen LogP contribution in [0.3, 0.4) is 0 Å². The lowest BCUT2D eigenvalue weighted by atomic mass is 9.79. The third kappa shape index (κ3) is 7.65. The van der Waals surface area contributed by atoms with Gasteiger partial charge in [-0.1, -0.05) is 214 Å². The highest BCUT2D eigenvalue weighted by atomic mass is 15.1. The molecular formula is C73H52N2. The zero-order valence-corrected chi connectivity index (χ0v) is 42.0. The van der Waals surface area contributed by atoms with Crippen molar-refractivity contribution in [2.24, 2.45) is 0 Å². The maximum absolute atomic E-state index is 2.38. The third-order valence-electron chi connectivity index (χ3n) is 15.8. The fraction of sp³-hybridized carbons (Fsp3) is 0.0411. The van der Waals surface area contributed by atoms with E-state index in [-0.39, 0.29) is 5.41 Å². The second-order valence-electron chi connectivity index (χ2n) is 20.5. The van der Waals surface area contributed by atoms with Crippen LogP contribution in [0, 0.1) is 0 Å². The predicted molar refractivity (Wildman–Crippen MR) is 318 cm³/mol. The van der Waals surface area contributed by atoms with Crippen LogP contribution in [0.4, 0.5) is 17.1 Å². The first-order valence-corrected chi connectivity index (χ1v) is 26.1. The Kier molecular flexibility index (Phi) is 10.6. The van der Waals surface area contributed by atoms with E-state index < -0.39 is 0 Å². The first-order valence-electron chi connectivity index (χ1n) is 26.1. The molecule has 1 heterocycles. The Hall–Kier alpha value is -9.50. The summed E-state index contributed by atoms with van der Waals surface area (Å²) < 4.78 is 2.37. The fourth-order valence-electron chi connectivity index (χ4n) is 12.0. The number of fused-ring (bicyclic) bond motifs is 7. The molecule has 1 aliphatic carbocycles. The SMILES string of the molecule is CC1(C)c2ccccc2-c2cccc(-c3ccc(N(c4ccc(-c5ccc(-c6cccc(-c7ccc8ccccc8c7)c6)cc5)cc4)c4ccc(-c5ccc6c(c5)c5ccccc5n6-c5ccccc5)cc4)cc3)c21. The summed E-state index contributed by atoms with van der Waals surface area (Å²) in [6.45, 7) is 4.73. The monoisotopic (exact) mass is 956 g/mol. The molecule has 0 saturated carbocycles. The van der Waals surface area contributed by atoms with Crippen molar-refractivity contribution in [2.75, 3.05) is 4.90 Å². The molecule has 0 spiro atoms. The minimum atomic E-state index is -0.107. The quantitative estimate of drug-likeness (QED) is 0.140. The summed E-state index contributed by atoms with van der Waals surface area (Å²) in [5, 5.41) is 5.01. The molecular weight excluding hydrogens is 905 g/mol. The summed E-state index contributed by atoms with van der Waals surface area (Å²) in [4.78, 5) is 2.38. The van der Waals surface area contributed by atoms with E-state index in [4.69, 9.17) is 0 Å². The minimum absolute atomic E-state index is 0.107. The van der Waals surface area contributed by atoms with Crippen molar-refractivity contribution >= 4 is 49.6 Å². The standard InChI is InChI=1S/C73H52N2/c1-73(2)69-24-10-8-20-65(69)67-23-13-22-64(72(67)73)54-36-43-63(44-37-54)74(62-41-34-53(35-42-62)59-38-45-71-68(48-59)66-21-9-11-25-70(66)75(71)60-18-4-3-5-19-60)61-39-32-51(33-40-61)50-26-28-52(29-27-50)56-16-12-17-57(46-56)58-31-30-49-14-6-7-15-55(49)47-58/h3-48H,1-2H3. The van der Waals surface area contributed by atoms with Gasteiger partial charge in [0.1, 0.15) is 0 Å². The van der Waals surface area contributed by atoms with Crippen molar-refractivity contribution < 1.29 is 0 Å². The zero-order chi connectivity index (χ0) is 50.0. The Morgan fingerprint density at radius 2 is 0.760 bits per heavy atom. The molecule has 2 nitrogen and oxygen atoms in total. The van der Waals surface area contributed by atoms with Crippen LogP contribution >= 0.6 is 0 Å². The van der Waals surface area contributed by atoms with Crippen molar-refractivity contribution in [3.05, 3.63) is 290 Å². The van der Waals surface area contributed by atoms with E-state index in [1.807, 2.05) is 0 Å². The number of nitrogens with zero attached hydrogens (tertiary/aromatic N) is 2. The Balaban J connectivity index is 0.801. The Labute approximate surface area is 438 Å². The average molecular weight is 957 g/mol. The second kappa shape index (κ2) is 17.9. The van der Waals surface area contributed by atoms with Crippen molar-refractivity contribution in [3.8, 4) is 72.4 Å². The average Bonchev–Trinajstić information content (AvgIpc) is 3.96. The molecule has 14 rings (SSSR count). The van der Waals surface area contributed by atoms with E-state index in [1.54, 1.807) is 0 Å². The number of hydrogen-bond acceptors (Lipinski definition) is 1. The van der Waals surface area contributed by atoms with Gasteiger partial charge < -0.3 is 9.47 Å².